The van der Waals surface area contributed by atoms with Gasteiger partial charge in [0.15, 0.2) is 0 Å². The molecular weight excluding hydrogens is 160 g/mol. The summed E-state index contributed by atoms with van der Waals surface area (Å²) < 4.78 is 0. The van der Waals surface area contributed by atoms with E-state index in [0.29, 0.717) is 11.3 Å². The second-order valence-electron chi connectivity index (χ2n) is 2.42. The average Bonchev–Trinajstić information content (AvgIpc) is 2.05. The molecule has 4 heteroatoms. The maximum atomic E-state index is 11.0. The van der Waals surface area contributed by atoms with Crippen LogP contribution in [0.2, 0.25) is 0 Å². The molecular formula is C9H10B2NO. The van der Waals surface area contributed by atoms with E-state index in [1.807, 2.05) is 0 Å². The van der Waals surface area contributed by atoms with Gasteiger partial charge in [-0.1, -0.05) is 0 Å². The van der Waals surface area contributed by atoms with Gasteiger partial charge in [-0.3, -0.25) is 0 Å². The van der Waals surface area contributed by atoms with Gasteiger partial charge < -0.3 is 0 Å². The Labute approximate surface area is 80.9 Å². The summed E-state index contributed by atoms with van der Waals surface area (Å²) in [7, 11) is 12.2. The van der Waals surface area contributed by atoms with E-state index in [1.165, 1.54) is 19.1 Å². The maximum absolute atomic E-state index is 11.0. The summed E-state index contributed by atoms with van der Waals surface area (Å²) >= 11 is 0. The molecule has 2 nitrogen and oxygen atoms in total. The zero-order chi connectivity index (χ0) is 10.4. The van der Waals surface area contributed by atoms with Crippen LogP contribution >= 0.6 is 0 Å². The molecule has 0 atom stereocenters. The summed E-state index contributed by atoms with van der Waals surface area (Å²) in [6.45, 7) is 4.93. The van der Waals surface area contributed by atoms with Crippen molar-refractivity contribution in [1.82, 2.24) is 0 Å². The minimum atomic E-state index is -0.0996. The third-order valence-corrected chi connectivity index (χ3v) is 1.46. The third kappa shape index (κ3) is 3.83. The molecule has 0 heterocycles. The Morgan fingerprint density at radius 1 is 1.54 bits per heavy atom. The van der Waals surface area contributed by atoms with Crippen LogP contribution in [-0.4, -0.2) is 39.2 Å². The van der Waals surface area contributed by atoms with Crippen molar-refractivity contribution in [2.75, 3.05) is 7.05 Å². The van der Waals surface area contributed by atoms with E-state index in [-0.39, 0.29) is 11.1 Å². The average molecular weight is 170 g/mol. The fraction of sp³-hybridized carbons (Fsp3) is 0.222. The Balaban J connectivity index is 4.98. The molecule has 0 aromatic heterocycles. The van der Waals surface area contributed by atoms with Crippen LogP contribution < -0.4 is 0 Å². The van der Waals surface area contributed by atoms with Gasteiger partial charge in [0.1, 0.15) is 0 Å². The first-order valence-electron chi connectivity index (χ1n) is 3.73. The van der Waals surface area contributed by atoms with E-state index >= 15 is 0 Å². The fourth-order valence-corrected chi connectivity index (χ4v) is 0.729. The van der Waals surface area contributed by atoms with Gasteiger partial charge >= 0.3 is 80.3 Å². The SMILES string of the molecule is [B]C(=[B])C(/C=C(\C=C)C(C)=O)=NC. The molecule has 0 aliphatic rings. The number of carbonyl (C=O) groups excluding carboxylic acids is 1. The van der Waals surface area contributed by atoms with Gasteiger partial charge in [0.2, 0.25) is 0 Å². The molecule has 0 fully saturated rings. The Kier molecular flexibility index (Phi) is 4.97. The second-order valence-corrected chi connectivity index (χ2v) is 2.42. The Morgan fingerprint density at radius 3 is 2.31 bits per heavy atom. The first-order chi connectivity index (χ1) is 6.02. The summed E-state index contributed by atoms with van der Waals surface area (Å²) in [6.07, 6.45) is 2.95. The molecule has 0 N–H and O–H groups in total. The van der Waals surface area contributed by atoms with Crippen molar-refractivity contribution in [3.8, 4) is 0 Å². The summed E-state index contributed by atoms with van der Waals surface area (Å²) in [5.41, 5.74) is 0.833. The van der Waals surface area contributed by atoms with Gasteiger partial charge in [0.25, 0.3) is 0 Å². The molecule has 0 aliphatic carbocycles. The number of nitrogens with zero attached hydrogens (tertiary/aromatic N) is 1. The fourth-order valence-electron chi connectivity index (χ4n) is 0.729. The summed E-state index contributed by atoms with van der Waals surface area (Å²) in [6, 6.07) is 0. The van der Waals surface area contributed by atoms with Crippen molar-refractivity contribution >= 4 is 32.2 Å². The van der Waals surface area contributed by atoms with Gasteiger partial charge in [-0.15, -0.1) is 0 Å². The molecule has 0 saturated heterocycles. The third-order valence-electron chi connectivity index (χ3n) is 1.46. The number of hydrogen-bond donors (Lipinski definition) is 0. The van der Waals surface area contributed by atoms with E-state index in [1.54, 1.807) is 7.05 Å². The quantitative estimate of drug-likeness (QED) is 0.257. The van der Waals surface area contributed by atoms with Crippen LogP contribution in [0, 0.1) is 0 Å². The van der Waals surface area contributed by atoms with Crippen LogP contribution in [0.3, 0.4) is 0 Å². The van der Waals surface area contributed by atoms with Crippen molar-refractivity contribution in [3.63, 3.8) is 0 Å². The first kappa shape index (κ1) is 11.8. The molecule has 0 amide bonds. The number of ketones is 1. The van der Waals surface area contributed by atoms with Crippen molar-refractivity contribution in [1.29, 1.82) is 0 Å². The molecule has 3 radical (unpaired) electrons. The number of aliphatic imine (C=N–C) groups is 1. The van der Waals surface area contributed by atoms with Crippen LogP contribution in [-0.2, 0) is 4.79 Å². The minimum absolute atomic E-state index is 0.0862. The number of Topliss-reactive ketones (excluding diaryl/α,β-unsaturated/α-hetero) is 1. The van der Waals surface area contributed by atoms with E-state index in [9.17, 15) is 4.79 Å². The van der Waals surface area contributed by atoms with Crippen molar-refractivity contribution < 1.29 is 4.79 Å². The summed E-state index contributed by atoms with van der Waals surface area (Å²) in [5, 5.41) is 0.0862. The number of hydrogen-bond acceptors (Lipinski definition) is 2. The monoisotopic (exact) mass is 170 g/mol. The second kappa shape index (κ2) is 5.46. The number of carbonyl (C=O) groups is 1. The summed E-state index contributed by atoms with van der Waals surface area (Å²) in [5.74, 6) is -0.0996. The zero-order valence-corrected chi connectivity index (χ0v) is 7.87. The van der Waals surface area contributed by atoms with Gasteiger partial charge in [-0.05, 0) is 0 Å². The molecule has 0 bridgehead atoms. The molecule has 63 valence electrons. The number of rotatable bonds is 4. The number of allylic oxidation sites excluding steroid dienone is 3. The molecule has 13 heavy (non-hydrogen) atoms. The van der Waals surface area contributed by atoms with E-state index < -0.39 is 0 Å². The van der Waals surface area contributed by atoms with Gasteiger partial charge in [-0.2, -0.15) is 0 Å². The summed E-state index contributed by atoms with van der Waals surface area (Å²) in [4.78, 5) is 14.8. The van der Waals surface area contributed by atoms with E-state index in [4.69, 9.17) is 15.3 Å². The zero-order valence-electron chi connectivity index (χ0n) is 7.87. The van der Waals surface area contributed by atoms with Crippen LogP contribution in [0.5, 0.6) is 0 Å². The Bertz CT molecular complexity index is 303. The van der Waals surface area contributed by atoms with Crippen LogP contribution in [0.4, 0.5) is 0 Å². The van der Waals surface area contributed by atoms with Gasteiger partial charge in [0.05, 0.1) is 0 Å². The topological polar surface area (TPSA) is 29.4 Å². The molecule has 0 unspecified atom stereocenters. The Morgan fingerprint density at radius 2 is 2.08 bits per heavy atom. The van der Waals surface area contributed by atoms with Crippen LogP contribution in [0.25, 0.3) is 0 Å². The molecule has 0 saturated carbocycles. The van der Waals surface area contributed by atoms with Gasteiger partial charge in [0, 0.05) is 0 Å². The predicted molar refractivity (Wildman–Crippen MR) is 58.8 cm³/mol. The van der Waals surface area contributed by atoms with Crippen molar-refractivity contribution in [2.24, 2.45) is 4.99 Å². The van der Waals surface area contributed by atoms with Gasteiger partial charge in [-0.25, -0.2) is 0 Å². The predicted octanol–water partition coefficient (Wildman–Crippen LogP) is 0.226. The van der Waals surface area contributed by atoms with Crippen LogP contribution in [0.1, 0.15) is 6.92 Å². The van der Waals surface area contributed by atoms with Crippen molar-refractivity contribution in [2.45, 2.75) is 6.92 Å². The normalized spacial score (nSPS) is 12.4. The first-order valence-corrected chi connectivity index (χ1v) is 3.73. The molecule has 0 aliphatic heterocycles. The Hall–Kier alpha value is -1.18. The molecule has 0 rings (SSSR count). The molecule has 0 aromatic rings. The molecule has 0 spiro atoms. The van der Waals surface area contributed by atoms with E-state index in [2.05, 4.69) is 11.6 Å². The van der Waals surface area contributed by atoms with E-state index in [0.717, 1.165) is 0 Å². The van der Waals surface area contributed by atoms with Crippen molar-refractivity contribution in [3.05, 3.63) is 24.3 Å². The molecule has 0 aromatic carbocycles. The standard InChI is InChI=1S/C9H10B2NO/c1-4-7(6(2)13)5-8(12-3)9(10)11/h4-5H,1H2,2-3H3/b7-5+,12-8?. The van der Waals surface area contributed by atoms with Crippen LogP contribution in [0.15, 0.2) is 29.3 Å².